The van der Waals surface area contributed by atoms with Crippen LogP contribution in [0.15, 0.2) is 24.1 Å². The molecule has 4 saturated carbocycles. The summed E-state index contributed by atoms with van der Waals surface area (Å²) in [5.74, 6) is 3.19. The molecular weight excluding hydrogens is 248 g/mol. The first-order valence-corrected chi connectivity index (χ1v) is 9.90. The molecule has 2 heteroatoms. The summed E-state index contributed by atoms with van der Waals surface area (Å²) in [6.07, 6.45) is 12.6. The molecule has 0 amide bonds. The van der Waals surface area contributed by atoms with Crippen LogP contribution in [0.2, 0.25) is 0 Å². The highest BCUT2D eigenvalue weighted by atomic mass is 28.3. The van der Waals surface area contributed by atoms with Gasteiger partial charge in [0.1, 0.15) is 0 Å². The SMILES string of the molecule is C=C[SiH](C=CC)OCCC12CC3CC(CC(C3)C1)C2. The van der Waals surface area contributed by atoms with Gasteiger partial charge in [0, 0.05) is 6.61 Å². The van der Waals surface area contributed by atoms with E-state index in [2.05, 4.69) is 25.3 Å². The van der Waals surface area contributed by atoms with E-state index < -0.39 is 9.04 Å². The summed E-state index contributed by atoms with van der Waals surface area (Å²) in [5.41, 5.74) is 4.94. The van der Waals surface area contributed by atoms with Crippen molar-refractivity contribution in [2.24, 2.45) is 23.2 Å². The zero-order chi connectivity index (χ0) is 13.3. The van der Waals surface area contributed by atoms with E-state index in [1.165, 1.54) is 25.7 Å². The third-order valence-corrected chi connectivity index (χ3v) is 7.57. The largest absolute Gasteiger partial charge is 0.412 e. The maximum absolute atomic E-state index is 6.10. The molecule has 0 spiro atoms. The summed E-state index contributed by atoms with van der Waals surface area (Å²) >= 11 is 0. The number of rotatable bonds is 6. The molecule has 0 heterocycles. The predicted molar refractivity (Wildman–Crippen MR) is 83.3 cm³/mol. The second-order valence-electron chi connectivity index (χ2n) is 7.26. The molecule has 0 radical (unpaired) electrons. The fourth-order valence-corrected chi connectivity index (χ4v) is 6.57. The molecule has 0 N–H and O–H groups in total. The standard InChI is InChI=1S/C17H28OSi/c1-3-7-19(4-2)18-6-5-17-11-14-8-15(12-17)10-16(9-14)13-17/h3-4,7,14-16,19H,2,5-6,8-13H2,1H3. The molecule has 106 valence electrons. The number of hydrogen-bond acceptors (Lipinski definition) is 1. The highest BCUT2D eigenvalue weighted by Gasteiger charge is 2.50. The van der Waals surface area contributed by atoms with Gasteiger partial charge in [0.25, 0.3) is 0 Å². The Morgan fingerprint density at radius 1 is 1.16 bits per heavy atom. The lowest BCUT2D eigenvalue weighted by Gasteiger charge is -2.57. The first-order valence-electron chi connectivity index (χ1n) is 8.10. The molecule has 4 aliphatic carbocycles. The highest BCUT2D eigenvalue weighted by molar-refractivity contribution is 6.62. The van der Waals surface area contributed by atoms with Crippen LogP contribution in [-0.2, 0) is 4.43 Å². The van der Waals surface area contributed by atoms with Gasteiger partial charge in [-0.25, -0.2) is 0 Å². The second-order valence-corrected chi connectivity index (χ2v) is 9.38. The zero-order valence-corrected chi connectivity index (χ0v) is 13.5. The molecule has 0 aromatic rings. The maximum Gasteiger partial charge on any atom is 0.224 e. The van der Waals surface area contributed by atoms with Crippen molar-refractivity contribution < 1.29 is 4.43 Å². The van der Waals surface area contributed by atoms with E-state index in [-0.39, 0.29) is 0 Å². The molecule has 0 aromatic heterocycles. The van der Waals surface area contributed by atoms with E-state index in [1.54, 1.807) is 19.3 Å². The van der Waals surface area contributed by atoms with Crippen molar-refractivity contribution in [3.05, 3.63) is 24.1 Å². The molecule has 4 rings (SSSR count). The first-order chi connectivity index (χ1) is 9.23. The highest BCUT2D eigenvalue weighted by Crippen LogP contribution is 2.61. The van der Waals surface area contributed by atoms with E-state index in [9.17, 15) is 0 Å². The van der Waals surface area contributed by atoms with Gasteiger partial charge in [-0.1, -0.05) is 17.5 Å². The van der Waals surface area contributed by atoms with Gasteiger partial charge in [-0.3, -0.25) is 0 Å². The fourth-order valence-electron chi connectivity index (χ4n) is 5.40. The van der Waals surface area contributed by atoms with E-state index in [0.29, 0.717) is 5.41 Å². The van der Waals surface area contributed by atoms with Crippen molar-refractivity contribution in [1.82, 2.24) is 0 Å². The van der Waals surface area contributed by atoms with Crippen LogP contribution in [0.4, 0.5) is 0 Å². The van der Waals surface area contributed by atoms with Crippen molar-refractivity contribution in [3.63, 3.8) is 0 Å². The normalized spacial score (nSPS) is 41.8. The molecule has 0 saturated heterocycles. The van der Waals surface area contributed by atoms with Crippen molar-refractivity contribution in [2.45, 2.75) is 51.9 Å². The molecule has 1 atom stereocenters. The Bertz CT molecular complexity index is 325. The van der Waals surface area contributed by atoms with Crippen molar-refractivity contribution in [2.75, 3.05) is 6.61 Å². The molecule has 4 bridgehead atoms. The van der Waals surface area contributed by atoms with Gasteiger partial charge in [-0.2, -0.15) is 0 Å². The molecule has 19 heavy (non-hydrogen) atoms. The maximum atomic E-state index is 6.10. The lowest BCUT2D eigenvalue weighted by molar-refractivity contribution is -0.0623. The lowest BCUT2D eigenvalue weighted by atomic mass is 9.49. The molecule has 1 unspecified atom stereocenters. The third-order valence-electron chi connectivity index (χ3n) is 5.72. The Hall–Kier alpha value is -0.343. The molecule has 0 aliphatic heterocycles. The molecule has 4 aliphatic rings. The van der Waals surface area contributed by atoms with Crippen LogP contribution in [-0.4, -0.2) is 15.6 Å². The Balaban J connectivity index is 1.53. The van der Waals surface area contributed by atoms with Crippen LogP contribution in [0.3, 0.4) is 0 Å². The van der Waals surface area contributed by atoms with Gasteiger partial charge in [0.15, 0.2) is 0 Å². The minimum absolute atomic E-state index is 0.671. The fraction of sp³-hybridized carbons (Fsp3) is 0.765. The van der Waals surface area contributed by atoms with E-state index in [0.717, 1.165) is 24.4 Å². The summed E-state index contributed by atoms with van der Waals surface area (Å²) in [4.78, 5) is 0. The third kappa shape index (κ3) is 2.90. The Kier molecular flexibility index (Phi) is 4.00. The molecular formula is C17H28OSi. The first kappa shape index (κ1) is 13.6. The quantitative estimate of drug-likeness (QED) is 0.662. The van der Waals surface area contributed by atoms with E-state index in [4.69, 9.17) is 4.43 Å². The predicted octanol–water partition coefficient (Wildman–Crippen LogP) is 4.17. The monoisotopic (exact) mass is 276 g/mol. The van der Waals surface area contributed by atoms with E-state index in [1.807, 2.05) is 5.70 Å². The molecule has 0 aromatic carbocycles. The lowest BCUT2D eigenvalue weighted by Crippen LogP contribution is -2.46. The van der Waals surface area contributed by atoms with Crippen LogP contribution in [0, 0.1) is 23.2 Å². The summed E-state index contributed by atoms with van der Waals surface area (Å²) in [7, 11) is -1.25. The van der Waals surface area contributed by atoms with E-state index >= 15 is 0 Å². The van der Waals surface area contributed by atoms with Crippen LogP contribution in [0.25, 0.3) is 0 Å². The van der Waals surface area contributed by atoms with Crippen LogP contribution in [0.5, 0.6) is 0 Å². The molecule has 1 nitrogen and oxygen atoms in total. The number of hydrogen-bond donors (Lipinski definition) is 0. The van der Waals surface area contributed by atoms with Crippen LogP contribution in [0.1, 0.15) is 51.9 Å². The van der Waals surface area contributed by atoms with Gasteiger partial charge in [0.05, 0.1) is 0 Å². The van der Waals surface area contributed by atoms with Gasteiger partial charge in [0.2, 0.25) is 9.04 Å². The minimum Gasteiger partial charge on any atom is -0.412 e. The van der Waals surface area contributed by atoms with Crippen molar-refractivity contribution in [1.29, 1.82) is 0 Å². The molecule has 4 fully saturated rings. The van der Waals surface area contributed by atoms with Gasteiger partial charge < -0.3 is 4.43 Å². The topological polar surface area (TPSA) is 9.23 Å². The van der Waals surface area contributed by atoms with Crippen LogP contribution < -0.4 is 0 Å². The second kappa shape index (κ2) is 5.57. The summed E-state index contributed by atoms with van der Waals surface area (Å²) < 4.78 is 6.10. The average molecular weight is 276 g/mol. The van der Waals surface area contributed by atoms with Crippen molar-refractivity contribution >= 4 is 9.04 Å². The van der Waals surface area contributed by atoms with Crippen LogP contribution >= 0.6 is 0 Å². The Morgan fingerprint density at radius 2 is 1.74 bits per heavy atom. The van der Waals surface area contributed by atoms with Gasteiger partial charge in [-0.05, 0) is 75.0 Å². The van der Waals surface area contributed by atoms with Gasteiger partial charge in [-0.15, -0.1) is 6.58 Å². The minimum atomic E-state index is -1.25. The smallest absolute Gasteiger partial charge is 0.224 e. The summed E-state index contributed by atoms with van der Waals surface area (Å²) in [5, 5.41) is 0. The Morgan fingerprint density at radius 3 is 2.21 bits per heavy atom. The number of allylic oxidation sites excluding steroid dienone is 1. The Labute approximate surface area is 119 Å². The summed E-state index contributed by atoms with van der Waals surface area (Å²) in [6.45, 7) is 6.96. The van der Waals surface area contributed by atoms with Crippen molar-refractivity contribution in [3.8, 4) is 0 Å². The average Bonchev–Trinajstić information content (AvgIpc) is 2.36. The zero-order valence-electron chi connectivity index (χ0n) is 12.3. The summed E-state index contributed by atoms with van der Waals surface area (Å²) in [6, 6.07) is 0. The van der Waals surface area contributed by atoms with Gasteiger partial charge >= 0.3 is 0 Å².